The Balaban J connectivity index is 1.74. The fourth-order valence-electron chi connectivity index (χ4n) is 3.73. The third kappa shape index (κ3) is 4.93. The topological polar surface area (TPSA) is 49.3 Å². The van der Waals surface area contributed by atoms with Gasteiger partial charge in [-0.15, -0.1) is 0 Å². The maximum Gasteiger partial charge on any atom is 0.257 e. The Morgan fingerprint density at radius 1 is 1.18 bits per heavy atom. The molecule has 0 N–H and O–H groups in total. The summed E-state index contributed by atoms with van der Waals surface area (Å²) in [6, 6.07) is 6.94. The van der Waals surface area contributed by atoms with Crippen LogP contribution in [0.5, 0.6) is 0 Å². The Bertz CT molecular complexity index is 776. The van der Waals surface area contributed by atoms with E-state index in [1.54, 1.807) is 12.4 Å². The first kappa shape index (κ1) is 20.4. The summed E-state index contributed by atoms with van der Waals surface area (Å²) in [7, 11) is 0. The van der Waals surface area contributed by atoms with Crippen molar-refractivity contribution in [2.24, 2.45) is 5.92 Å². The molecule has 1 aromatic heterocycles. The van der Waals surface area contributed by atoms with E-state index in [-0.39, 0.29) is 17.8 Å². The Morgan fingerprint density at radius 2 is 1.86 bits per heavy atom. The van der Waals surface area contributed by atoms with Crippen LogP contribution >= 0.6 is 0 Å². The highest BCUT2D eigenvalue weighted by atomic mass is 19.1. The number of nitrogens with zero attached hydrogens (tertiary/aromatic N) is 4. The van der Waals surface area contributed by atoms with Crippen LogP contribution in [0.15, 0.2) is 36.7 Å². The molecule has 0 radical (unpaired) electrons. The molecule has 0 bridgehead atoms. The molecule has 1 aromatic carbocycles. The summed E-state index contributed by atoms with van der Waals surface area (Å²) in [6.07, 6.45) is 4.94. The zero-order valence-electron chi connectivity index (χ0n) is 16.9. The largest absolute Gasteiger partial charge is 0.337 e. The third-order valence-corrected chi connectivity index (χ3v) is 5.37. The maximum absolute atomic E-state index is 13.2. The Labute approximate surface area is 166 Å². The van der Waals surface area contributed by atoms with Gasteiger partial charge in [-0.05, 0) is 30.0 Å². The van der Waals surface area contributed by atoms with Crippen molar-refractivity contribution in [3.8, 4) is 0 Å². The second-order valence-electron chi connectivity index (χ2n) is 7.75. The summed E-state index contributed by atoms with van der Waals surface area (Å²) in [5.41, 5.74) is 1.64. The lowest BCUT2D eigenvalue weighted by Crippen LogP contribution is -2.45. The molecule has 1 aliphatic rings. The van der Waals surface area contributed by atoms with Crippen molar-refractivity contribution in [1.29, 1.82) is 0 Å². The Hall–Kier alpha value is -2.34. The second kappa shape index (κ2) is 9.24. The fraction of sp³-hybridized carbons (Fsp3) is 0.500. The lowest BCUT2D eigenvalue weighted by atomic mass is 10.0. The molecule has 5 nitrogen and oxygen atoms in total. The molecule has 0 unspecified atom stereocenters. The van der Waals surface area contributed by atoms with Gasteiger partial charge in [0.25, 0.3) is 5.91 Å². The number of aromatic nitrogens is 2. The smallest absolute Gasteiger partial charge is 0.257 e. The predicted molar refractivity (Wildman–Crippen MR) is 107 cm³/mol. The normalized spacial score (nSPS) is 18.3. The van der Waals surface area contributed by atoms with Gasteiger partial charge in [0.15, 0.2) is 0 Å². The molecule has 0 aliphatic carbocycles. The molecular formula is C22H29FN4O. The van der Waals surface area contributed by atoms with E-state index in [1.807, 2.05) is 24.0 Å². The SMILES string of the molecule is CCc1ncc(C(=O)N2CCCN(Cc3ccc(F)cc3)[C@@H](C(C)C)C2)cn1. The minimum Gasteiger partial charge on any atom is -0.337 e. The van der Waals surface area contributed by atoms with Crippen molar-refractivity contribution in [3.05, 3.63) is 59.4 Å². The first-order valence-electron chi connectivity index (χ1n) is 10.1. The van der Waals surface area contributed by atoms with Gasteiger partial charge in [0, 0.05) is 51.0 Å². The number of halogens is 1. The molecule has 0 spiro atoms. The van der Waals surface area contributed by atoms with E-state index >= 15 is 0 Å². The highest BCUT2D eigenvalue weighted by Gasteiger charge is 2.30. The van der Waals surface area contributed by atoms with Crippen molar-refractivity contribution in [1.82, 2.24) is 19.8 Å². The lowest BCUT2D eigenvalue weighted by molar-refractivity contribution is 0.0701. The van der Waals surface area contributed by atoms with Gasteiger partial charge in [-0.1, -0.05) is 32.9 Å². The predicted octanol–water partition coefficient (Wildman–Crippen LogP) is 3.55. The summed E-state index contributed by atoms with van der Waals surface area (Å²) in [5, 5.41) is 0. The van der Waals surface area contributed by atoms with Gasteiger partial charge in [-0.25, -0.2) is 14.4 Å². The van der Waals surface area contributed by atoms with Gasteiger partial charge >= 0.3 is 0 Å². The molecule has 28 heavy (non-hydrogen) atoms. The third-order valence-electron chi connectivity index (χ3n) is 5.37. The van der Waals surface area contributed by atoms with Gasteiger partial charge in [-0.2, -0.15) is 0 Å². The van der Waals surface area contributed by atoms with Crippen molar-refractivity contribution in [3.63, 3.8) is 0 Å². The molecule has 0 saturated carbocycles. The maximum atomic E-state index is 13.2. The van der Waals surface area contributed by atoms with Crippen molar-refractivity contribution < 1.29 is 9.18 Å². The average molecular weight is 384 g/mol. The number of amides is 1. The minimum absolute atomic E-state index is 0.00284. The van der Waals surface area contributed by atoms with Gasteiger partial charge in [0.2, 0.25) is 0 Å². The Kier molecular flexibility index (Phi) is 6.73. The van der Waals surface area contributed by atoms with Crippen LogP contribution in [0.2, 0.25) is 0 Å². The van der Waals surface area contributed by atoms with Crippen molar-refractivity contribution in [2.75, 3.05) is 19.6 Å². The summed E-state index contributed by atoms with van der Waals surface area (Å²) in [6.45, 7) is 9.44. The molecule has 1 saturated heterocycles. The van der Waals surface area contributed by atoms with Gasteiger partial charge in [-0.3, -0.25) is 9.69 Å². The molecule has 1 fully saturated rings. The first-order chi connectivity index (χ1) is 13.5. The number of rotatable bonds is 5. The van der Waals surface area contributed by atoms with E-state index in [9.17, 15) is 9.18 Å². The average Bonchev–Trinajstić information content (AvgIpc) is 2.92. The fourth-order valence-corrected chi connectivity index (χ4v) is 3.73. The molecule has 150 valence electrons. The minimum atomic E-state index is -0.215. The molecule has 1 atom stereocenters. The lowest BCUT2D eigenvalue weighted by Gasteiger charge is -2.34. The van der Waals surface area contributed by atoms with Crippen LogP contribution in [0.4, 0.5) is 4.39 Å². The van der Waals surface area contributed by atoms with E-state index in [0.717, 1.165) is 43.9 Å². The standard InChI is InChI=1S/C22H29FN4O/c1-4-21-24-12-18(13-25-21)22(28)27-11-5-10-26(20(15-27)16(2)3)14-17-6-8-19(23)9-7-17/h6-9,12-13,16,20H,4-5,10-11,14-15H2,1-3H3/t20-/m1/s1. The quantitative estimate of drug-likeness (QED) is 0.791. The highest BCUT2D eigenvalue weighted by molar-refractivity contribution is 5.93. The summed E-state index contributed by atoms with van der Waals surface area (Å²) < 4.78 is 13.2. The van der Waals surface area contributed by atoms with Crippen LogP contribution in [0, 0.1) is 11.7 Å². The zero-order valence-corrected chi connectivity index (χ0v) is 16.9. The van der Waals surface area contributed by atoms with Crippen LogP contribution < -0.4 is 0 Å². The van der Waals surface area contributed by atoms with E-state index in [2.05, 4.69) is 28.7 Å². The van der Waals surface area contributed by atoms with E-state index < -0.39 is 0 Å². The zero-order chi connectivity index (χ0) is 20.1. The number of benzene rings is 1. The van der Waals surface area contributed by atoms with Crippen LogP contribution in [-0.4, -0.2) is 51.4 Å². The van der Waals surface area contributed by atoms with Gasteiger partial charge in [0.05, 0.1) is 5.56 Å². The first-order valence-corrected chi connectivity index (χ1v) is 10.1. The molecule has 2 aromatic rings. The van der Waals surface area contributed by atoms with Crippen molar-refractivity contribution in [2.45, 2.75) is 46.2 Å². The summed E-state index contributed by atoms with van der Waals surface area (Å²) in [5.74, 6) is 0.926. The number of hydrogen-bond donors (Lipinski definition) is 0. The van der Waals surface area contributed by atoms with Crippen molar-refractivity contribution >= 4 is 5.91 Å². The number of aryl methyl sites for hydroxylation is 1. The highest BCUT2D eigenvalue weighted by Crippen LogP contribution is 2.21. The van der Waals surface area contributed by atoms with Crippen LogP contribution in [0.25, 0.3) is 0 Å². The number of carbonyl (C=O) groups excluding carboxylic acids is 1. The number of carbonyl (C=O) groups is 1. The second-order valence-corrected chi connectivity index (χ2v) is 7.75. The molecule has 6 heteroatoms. The van der Waals surface area contributed by atoms with Crippen LogP contribution in [0.3, 0.4) is 0 Å². The summed E-state index contributed by atoms with van der Waals surface area (Å²) >= 11 is 0. The molecule has 3 rings (SSSR count). The molecule has 1 aliphatic heterocycles. The van der Waals surface area contributed by atoms with Crippen LogP contribution in [0.1, 0.15) is 48.9 Å². The summed E-state index contributed by atoms with van der Waals surface area (Å²) in [4.78, 5) is 25.9. The van der Waals surface area contributed by atoms with Gasteiger partial charge < -0.3 is 4.90 Å². The van der Waals surface area contributed by atoms with Gasteiger partial charge in [0.1, 0.15) is 11.6 Å². The van der Waals surface area contributed by atoms with E-state index in [4.69, 9.17) is 0 Å². The monoisotopic (exact) mass is 384 g/mol. The van der Waals surface area contributed by atoms with E-state index in [1.165, 1.54) is 12.1 Å². The molecular weight excluding hydrogens is 355 g/mol. The molecule has 1 amide bonds. The van der Waals surface area contributed by atoms with Crippen LogP contribution in [-0.2, 0) is 13.0 Å². The molecule has 2 heterocycles. The van der Waals surface area contributed by atoms with E-state index in [0.29, 0.717) is 18.0 Å². The number of hydrogen-bond acceptors (Lipinski definition) is 4. The Morgan fingerprint density at radius 3 is 2.46 bits per heavy atom.